The highest BCUT2D eigenvalue weighted by Crippen LogP contribution is 2.29. The summed E-state index contributed by atoms with van der Waals surface area (Å²) in [5.74, 6) is 0.868. The van der Waals surface area contributed by atoms with E-state index in [4.69, 9.17) is 21.1 Å². The summed E-state index contributed by atoms with van der Waals surface area (Å²) in [7, 11) is 1.60. The van der Waals surface area contributed by atoms with Gasteiger partial charge in [-0.05, 0) is 41.5 Å². The number of aromatic nitrogens is 1. The molecule has 0 aliphatic carbocycles. The third-order valence-corrected chi connectivity index (χ3v) is 4.36. The third kappa shape index (κ3) is 6.09. The van der Waals surface area contributed by atoms with Crippen molar-refractivity contribution in [2.75, 3.05) is 7.11 Å². The standard InChI is InChI=1S/C21H20ClFN2O2.ClH/c1-26-21-9-15(11-25-13-16-3-2-8-24-12-16)4-7-20(21)27-14-17-5-6-18(23)10-19(17)22;/h2-10,12,25H,11,13-14H2,1H3;1H. The van der Waals surface area contributed by atoms with Gasteiger partial charge in [-0.1, -0.05) is 29.8 Å². The van der Waals surface area contributed by atoms with Crippen LogP contribution in [0.25, 0.3) is 0 Å². The average Bonchev–Trinajstić information content (AvgIpc) is 2.68. The van der Waals surface area contributed by atoms with Crippen LogP contribution in [0.5, 0.6) is 11.5 Å². The van der Waals surface area contributed by atoms with Gasteiger partial charge in [-0.3, -0.25) is 4.98 Å². The topological polar surface area (TPSA) is 43.4 Å². The predicted molar refractivity (Wildman–Crippen MR) is 111 cm³/mol. The van der Waals surface area contributed by atoms with Gasteiger partial charge in [0.1, 0.15) is 12.4 Å². The van der Waals surface area contributed by atoms with Gasteiger partial charge in [0.2, 0.25) is 0 Å². The molecule has 28 heavy (non-hydrogen) atoms. The Hall–Kier alpha value is -2.34. The number of halogens is 3. The van der Waals surface area contributed by atoms with Gasteiger partial charge in [-0.15, -0.1) is 12.4 Å². The normalized spacial score (nSPS) is 10.2. The van der Waals surface area contributed by atoms with Crippen LogP contribution in [0.3, 0.4) is 0 Å². The van der Waals surface area contributed by atoms with Crippen LogP contribution in [0.2, 0.25) is 5.02 Å². The fourth-order valence-electron chi connectivity index (χ4n) is 2.59. The first-order valence-electron chi connectivity index (χ1n) is 8.49. The molecule has 1 N–H and O–H groups in total. The Morgan fingerprint density at radius 2 is 1.86 bits per heavy atom. The summed E-state index contributed by atoms with van der Waals surface area (Å²) in [4.78, 5) is 4.10. The molecule has 0 aliphatic rings. The van der Waals surface area contributed by atoms with Crippen molar-refractivity contribution in [3.63, 3.8) is 0 Å². The summed E-state index contributed by atoms with van der Waals surface area (Å²) in [6.45, 7) is 1.65. The maximum absolute atomic E-state index is 13.1. The monoisotopic (exact) mass is 422 g/mol. The van der Waals surface area contributed by atoms with Gasteiger partial charge < -0.3 is 14.8 Å². The zero-order valence-corrected chi connectivity index (χ0v) is 16.9. The van der Waals surface area contributed by atoms with Crippen molar-refractivity contribution in [2.24, 2.45) is 0 Å². The van der Waals surface area contributed by atoms with Crippen molar-refractivity contribution in [1.29, 1.82) is 0 Å². The minimum Gasteiger partial charge on any atom is -0.493 e. The lowest BCUT2D eigenvalue weighted by Crippen LogP contribution is -2.12. The largest absolute Gasteiger partial charge is 0.493 e. The highest BCUT2D eigenvalue weighted by Gasteiger charge is 2.08. The number of nitrogens with one attached hydrogen (secondary N) is 1. The lowest BCUT2D eigenvalue weighted by molar-refractivity contribution is 0.284. The van der Waals surface area contributed by atoms with E-state index in [2.05, 4.69) is 10.3 Å². The van der Waals surface area contributed by atoms with E-state index in [1.54, 1.807) is 19.4 Å². The van der Waals surface area contributed by atoms with E-state index >= 15 is 0 Å². The lowest BCUT2D eigenvalue weighted by atomic mass is 10.2. The Bertz CT molecular complexity index is 895. The molecular formula is C21H21Cl2FN2O2. The summed E-state index contributed by atoms with van der Waals surface area (Å²) in [6.07, 6.45) is 3.59. The molecule has 0 spiro atoms. The van der Waals surface area contributed by atoms with Gasteiger partial charge in [0, 0.05) is 31.0 Å². The zero-order valence-electron chi connectivity index (χ0n) is 15.3. The number of methoxy groups -OCH3 is 1. The van der Waals surface area contributed by atoms with Crippen LogP contribution in [0.15, 0.2) is 60.9 Å². The first-order valence-corrected chi connectivity index (χ1v) is 8.87. The SMILES string of the molecule is COc1cc(CNCc2cccnc2)ccc1OCc1ccc(F)cc1Cl.Cl. The second-order valence-corrected chi connectivity index (χ2v) is 6.38. The van der Waals surface area contributed by atoms with E-state index in [0.717, 1.165) is 17.7 Å². The molecule has 0 bridgehead atoms. The molecule has 0 radical (unpaired) electrons. The molecule has 7 heteroatoms. The molecule has 3 rings (SSSR count). The average molecular weight is 423 g/mol. The molecule has 0 amide bonds. The van der Waals surface area contributed by atoms with Crippen LogP contribution in [0.4, 0.5) is 4.39 Å². The molecule has 0 fully saturated rings. The number of ether oxygens (including phenoxy) is 2. The van der Waals surface area contributed by atoms with Crippen LogP contribution in [-0.2, 0) is 19.7 Å². The highest BCUT2D eigenvalue weighted by molar-refractivity contribution is 6.31. The molecule has 0 unspecified atom stereocenters. The third-order valence-electron chi connectivity index (χ3n) is 4.01. The number of pyridine rings is 1. The van der Waals surface area contributed by atoms with Crippen molar-refractivity contribution in [3.05, 3.63) is 88.5 Å². The van der Waals surface area contributed by atoms with Gasteiger partial charge in [0.25, 0.3) is 0 Å². The lowest BCUT2D eigenvalue weighted by Gasteiger charge is -2.13. The number of benzene rings is 2. The summed E-state index contributed by atoms with van der Waals surface area (Å²) in [5.41, 5.74) is 2.91. The van der Waals surface area contributed by atoms with E-state index in [0.29, 0.717) is 28.6 Å². The first kappa shape index (κ1) is 22.0. The first-order chi connectivity index (χ1) is 13.2. The van der Waals surface area contributed by atoms with Crippen LogP contribution in [0.1, 0.15) is 16.7 Å². The van der Waals surface area contributed by atoms with Gasteiger partial charge in [0.05, 0.1) is 12.1 Å². The van der Waals surface area contributed by atoms with Gasteiger partial charge >= 0.3 is 0 Å². The Morgan fingerprint density at radius 3 is 2.57 bits per heavy atom. The Morgan fingerprint density at radius 1 is 1.04 bits per heavy atom. The molecular weight excluding hydrogens is 402 g/mol. The van der Waals surface area contributed by atoms with Crippen molar-refractivity contribution in [3.8, 4) is 11.5 Å². The van der Waals surface area contributed by atoms with Crippen LogP contribution in [0, 0.1) is 5.82 Å². The minimum atomic E-state index is -0.371. The Balaban J connectivity index is 0.00000280. The molecule has 2 aromatic carbocycles. The molecule has 0 atom stereocenters. The second-order valence-electron chi connectivity index (χ2n) is 5.97. The molecule has 0 saturated carbocycles. The summed E-state index contributed by atoms with van der Waals surface area (Å²) >= 11 is 6.04. The number of hydrogen-bond donors (Lipinski definition) is 1. The molecule has 3 aromatic rings. The number of hydrogen-bond acceptors (Lipinski definition) is 4. The van der Waals surface area contributed by atoms with E-state index in [1.165, 1.54) is 12.1 Å². The van der Waals surface area contributed by atoms with Gasteiger partial charge in [-0.2, -0.15) is 0 Å². The Kier molecular flexibility index (Phi) is 8.51. The zero-order chi connectivity index (χ0) is 19.1. The van der Waals surface area contributed by atoms with E-state index in [1.807, 2.05) is 36.5 Å². The maximum Gasteiger partial charge on any atom is 0.161 e. The number of rotatable bonds is 8. The molecule has 0 aliphatic heterocycles. The van der Waals surface area contributed by atoms with Crippen molar-refractivity contribution in [1.82, 2.24) is 10.3 Å². The van der Waals surface area contributed by atoms with Crippen molar-refractivity contribution >= 4 is 24.0 Å². The smallest absolute Gasteiger partial charge is 0.161 e. The minimum absolute atomic E-state index is 0. The fourth-order valence-corrected chi connectivity index (χ4v) is 2.81. The predicted octanol–water partition coefficient (Wildman–Crippen LogP) is 5.17. The van der Waals surface area contributed by atoms with E-state index in [9.17, 15) is 4.39 Å². The van der Waals surface area contributed by atoms with E-state index < -0.39 is 0 Å². The van der Waals surface area contributed by atoms with E-state index in [-0.39, 0.29) is 24.8 Å². The van der Waals surface area contributed by atoms with Crippen LogP contribution >= 0.6 is 24.0 Å². The fraction of sp³-hybridized carbons (Fsp3) is 0.190. The van der Waals surface area contributed by atoms with Gasteiger partial charge in [0.15, 0.2) is 11.5 Å². The molecule has 4 nitrogen and oxygen atoms in total. The molecule has 0 saturated heterocycles. The molecule has 1 heterocycles. The van der Waals surface area contributed by atoms with Gasteiger partial charge in [-0.25, -0.2) is 4.39 Å². The second kappa shape index (κ2) is 10.9. The summed E-state index contributed by atoms with van der Waals surface area (Å²) in [5, 5.41) is 3.71. The van der Waals surface area contributed by atoms with Crippen molar-refractivity contribution < 1.29 is 13.9 Å². The maximum atomic E-state index is 13.1. The van der Waals surface area contributed by atoms with Crippen LogP contribution in [-0.4, -0.2) is 12.1 Å². The Labute approximate surface area is 175 Å². The highest BCUT2D eigenvalue weighted by atomic mass is 35.5. The van der Waals surface area contributed by atoms with Crippen LogP contribution < -0.4 is 14.8 Å². The molecule has 1 aromatic heterocycles. The number of nitrogens with zero attached hydrogens (tertiary/aromatic N) is 1. The summed E-state index contributed by atoms with van der Waals surface area (Å²) < 4.78 is 24.4. The quantitative estimate of drug-likeness (QED) is 0.543. The van der Waals surface area contributed by atoms with Crippen molar-refractivity contribution in [2.45, 2.75) is 19.7 Å². The summed E-state index contributed by atoms with van der Waals surface area (Å²) in [6, 6.07) is 13.9. The molecule has 148 valence electrons.